The summed E-state index contributed by atoms with van der Waals surface area (Å²) in [5, 5.41) is 10.1. The average molecular weight is 328 g/mol. The normalized spacial score (nSPS) is 10.6. The molecule has 0 unspecified atom stereocenters. The molecule has 24 heavy (non-hydrogen) atoms. The van der Waals surface area contributed by atoms with Gasteiger partial charge in [0.1, 0.15) is 11.3 Å². The van der Waals surface area contributed by atoms with Gasteiger partial charge in [-0.3, -0.25) is 4.79 Å². The van der Waals surface area contributed by atoms with Crippen molar-refractivity contribution in [2.45, 2.75) is 0 Å². The van der Waals surface area contributed by atoms with Gasteiger partial charge in [0.15, 0.2) is 17.3 Å². The summed E-state index contributed by atoms with van der Waals surface area (Å²) < 4.78 is 21.4. The van der Waals surface area contributed by atoms with E-state index in [0.717, 1.165) is 0 Å². The van der Waals surface area contributed by atoms with Crippen molar-refractivity contribution in [3.63, 3.8) is 0 Å². The van der Waals surface area contributed by atoms with Crippen molar-refractivity contribution in [1.29, 1.82) is 0 Å². The fourth-order valence-electron chi connectivity index (χ4n) is 2.48. The number of aromatic hydroxyl groups is 1. The molecule has 1 N–H and O–H groups in total. The molecule has 0 aliphatic heterocycles. The van der Waals surface area contributed by atoms with Gasteiger partial charge in [0.05, 0.1) is 26.7 Å². The molecule has 0 saturated carbocycles. The molecule has 2 aromatic carbocycles. The largest absolute Gasteiger partial charge is 0.504 e. The molecule has 0 aliphatic rings. The van der Waals surface area contributed by atoms with Crippen LogP contribution in [0, 0.1) is 0 Å². The van der Waals surface area contributed by atoms with E-state index in [9.17, 15) is 9.90 Å². The van der Waals surface area contributed by atoms with Crippen molar-refractivity contribution in [2.24, 2.45) is 0 Å². The predicted octanol–water partition coefficient (Wildman–Crippen LogP) is 3.19. The maximum absolute atomic E-state index is 12.7. The lowest BCUT2D eigenvalue weighted by Gasteiger charge is -2.11. The molecule has 0 saturated heterocycles. The molecule has 0 fully saturated rings. The van der Waals surface area contributed by atoms with Crippen molar-refractivity contribution >= 4 is 11.0 Å². The summed E-state index contributed by atoms with van der Waals surface area (Å²) in [6, 6.07) is 9.60. The molecule has 0 radical (unpaired) electrons. The minimum atomic E-state index is -0.288. The third-order valence-corrected chi connectivity index (χ3v) is 3.70. The standard InChI is InChI=1S/C18H16O6/c1-21-11-5-6-12-14(9-11)24-17(18(23-3)16(12)20)10-4-7-13(19)15(8-10)22-2/h4-9,19H,1-3H3. The van der Waals surface area contributed by atoms with Gasteiger partial charge in [-0.05, 0) is 30.3 Å². The van der Waals surface area contributed by atoms with Crippen LogP contribution in [0.25, 0.3) is 22.3 Å². The van der Waals surface area contributed by atoms with E-state index in [2.05, 4.69) is 0 Å². The summed E-state index contributed by atoms with van der Waals surface area (Å²) in [6.07, 6.45) is 0. The number of hydrogen-bond donors (Lipinski definition) is 1. The van der Waals surface area contributed by atoms with Crippen LogP contribution in [-0.2, 0) is 0 Å². The number of phenols is 1. The third-order valence-electron chi connectivity index (χ3n) is 3.70. The zero-order valence-electron chi connectivity index (χ0n) is 13.5. The number of ether oxygens (including phenoxy) is 3. The Kier molecular flexibility index (Phi) is 4.04. The zero-order chi connectivity index (χ0) is 17.3. The summed E-state index contributed by atoms with van der Waals surface area (Å²) in [7, 11) is 4.38. The topological polar surface area (TPSA) is 78.1 Å². The first-order valence-corrected chi connectivity index (χ1v) is 7.15. The Bertz CT molecular complexity index is 958. The number of fused-ring (bicyclic) bond motifs is 1. The van der Waals surface area contributed by atoms with Crippen molar-refractivity contribution in [3.05, 3.63) is 46.6 Å². The molecule has 1 aromatic heterocycles. The van der Waals surface area contributed by atoms with Crippen LogP contribution in [0.2, 0.25) is 0 Å². The Morgan fingerprint density at radius 3 is 2.42 bits per heavy atom. The first-order valence-electron chi connectivity index (χ1n) is 7.15. The van der Waals surface area contributed by atoms with Gasteiger partial charge in [-0.25, -0.2) is 0 Å². The lowest BCUT2D eigenvalue weighted by atomic mass is 10.1. The van der Waals surface area contributed by atoms with Crippen LogP contribution in [0.4, 0.5) is 0 Å². The summed E-state index contributed by atoms with van der Waals surface area (Å²) >= 11 is 0. The highest BCUT2D eigenvalue weighted by Crippen LogP contribution is 2.36. The highest BCUT2D eigenvalue weighted by Gasteiger charge is 2.18. The molecule has 3 aromatic rings. The quantitative estimate of drug-likeness (QED) is 0.792. The van der Waals surface area contributed by atoms with Crippen LogP contribution in [-0.4, -0.2) is 26.4 Å². The number of rotatable bonds is 4. The summed E-state index contributed by atoms with van der Waals surface area (Å²) in [5.74, 6) is 1.17. The fraction of sp³-hybridized carbons (Fsp3) is 0.167. The second kappa shape index (κ2) is 6.16. The predicted molar refractivity (Wildman–Crippen MR) is 89.2 cm³/mol. The van der Waals surface area contributed by atoms with Gasteiger partial charge in [0, 0.05) is 11.6 Å². The molecule has 0 atom stereocenters. The minimum absolute atomic E-state index is 0.00924. The zero-order valence-corrected chi connectivity index (χ0v) is 13.5. The lowest BCUT2D eigenvalue weighted by molar-refractivity contribution is 0.373. The van der Waals surface area contributed by atoms with E-state index < -0.39 is 0 Å². The first kappa shape index (κ1) is 15.7. The van der Waals surface area contributed by atoms with E-state index in [-0.39, 0.29) is 28.4 Å². The van der Waals surface area contributed by atoms with E-state index in [1.807, 2.05) is 0 Å². The average Bonchev–Trinajstić information content (AvgIpc) is 2.61. The summed E-state index contributed by atoms with van der Waals surface area (Å²) in [6.45, 7) is 0. The summed E-state index contributed by atoms with van der Waals surface area (Å²) in [4.78, 5) is 12.7. The number of benzene rings is 2. The van der Waals surface area contributed by atoms with Crippen LogP contribution < -0.4 is 19.6 Å². The molecule has 0 aliphatic carbocycles. The third kappa shape index (κ3) is 2.52. The molecule has 6 nitrogen and oxygen atoms in total. The van der Waals surface area contributed by atoms with Gasteiger partial charge in [-0.1, -0.05) is 0 Å². The lowest BCUT2D eigenvalue weighted by Crippen LogP contribution is -2.07. The maximum Gasteiger partial charge on any atom is 0.235 e. The van der Waals surface area contributed by atoms with Crippen molar-refractivity contribution in [1.82, 2.24) is 0 Å². The highest BCUT2D eigenvalue weighted by atomic mass is 16.5. The van der Waals surface area contributed by atoms with E-state index >= 15 is 0 Å². The van der Waals surface area contributed by atoms with Gasteiger partial charge in [-0.2, -0.15) is 0 Å². The molecule has 124 valence electrons. The van der Waals surface area contributed by atoms with Crippen molar-refractivity contribution in [3.8, 4) is 34.3 Å². The van der Waals surface area contributed by atoms with Gasteiger partial charge >= 0.3 is 0 Å². The molecular weight excluding hydrogens is 312 g/mol. The van der Waals surface area contributed by atoms with Crippen LogP contribution >= 0.6 is 0 Å². The second-order valence-corrected chi connectivity index (χ2v) is 5.04. The molecule has 6 heteroatoms. The second-order valence-electron chi connectivity index (χ2n) is 5.04. The van der Waals surface area contributed by atoms with E-state index in [0.29, 0.717) is 22.3 Å². The van der Waals surface area contributed by atoms with Gasteiger partial charge in [0.2, 0.25) is 11.2 Å². The molecule has 0 spiro atoms. The number of hydrogen-bond acceptors (Lipinski definition) is 6. The molecule has 1 heterocycles. The van der Waals surface area contributed by atoms with Crippen LogP contribution in [0.5, 0.6) is 23.0 Å². The molecule has 0 amide bonds. The highest BCUT2D eigenvalue weighted by molar-refractivity contribution is 5.83. The Morgan fingerprint density at radius 1 is 0.958 bits per heavy atom. The van der Waals surface area contributed by atoms with Crippen molar-refractivity contribution < 1.29 is 23.7 Å². The van der Waals surface area contributed by atoms with Gasteiger partial charge < -0.3 is 23.7 Å². The fourth-order valence-corrected chi connectivity index (χ4v) is 2.48. The minimum Gasteiger partial charge on any atom is -0.504 e. The van der Waals surface area contributed by atoms with Crippen LogP contribution in [0.3, 0.4) is 0 Å². The van der Waals surface area contributed by atoms with E-state index in [1.54, 1.807) is 30.3 Å². The first-order chi connectivity index (χ1) is 11.6. The van der Waals surface area contributed by atoms with Gasteiger partial charge in [0.25, 0.3) is 0 Å². The van der Waals surface area contributed by atoms with Crippen LogP contribution in [0.1, 0.15) is 0 Å². The maximum atomic E-state index is 12.7. The molecular formula is C18H16O6. The van der Waals surface area contributed by atoms with E-state index in [1.165, 1.54) is 27.4 Å². The Balaban J connectivity index is 2.32. The molecule has 3 rings (SSSR count). The van der Waals surface area contributed by atoms with Crippen LogP contribution in [0.15, 0.2) is 45.6 Å². The van der Waals surface area contributed by atoms with Crippen molar-refractivity contribution in [2.75, 3.05) is 21.3 Å². The Hall–Kier alpha value is -3.15. The smallest absolute Gasteiger partial charge is 0.235 e. The number of phenolic OH excluding ortho intramolecular Hbond substituents is 1. The molecule has 0 bridgehead atoms. The van der Waals surface area contributed by atoms with Gasteiger partial charge in [-0.15, -0.1) is 0 Å². The SMILES string of the molecule is COc1ccc2c(=O)c(OC)c(-c3ccc(O)c(OC)c3)oc2c1. The monoisotopic (exact) mass is 328 g/mol. The Morgan fingerprint density at radius 2 is 1.75 bits per heavy atom. The number of methoxy groups -OCH3 is 3. The summed E-state index contributed by atoms with van der Waals surface area (Å²) in [5.41, 5.74) is 0.633. The Labute approximate surface area is 137 Å². The van der Waals surface area contributed by atoms with E-state index in [4.69, 9.17) is 18.6 Å².